The van der Waals surface area contributed by atoms with E-state index in [1.54, 1.807) is 31.1 Å². The van der Waals surface area contributed by atoms with Crippen LogP contribution >= 0.6 is 34.5 Å². The lowest BCUT2D eigenvalue weighted by Gasteiger charge is -2.13. The summed E-state index contributed by atoms with van der Waals surface area (Å²) >= 11 is 12.6. The van der Waals surface area contributed by atoms with Crippen molar-refractivity contribution in [1.82, 2.24) is 4.90 Å². The highest BCUT2D eigenvalue weighted by Crippen LogP contribution is 2.37. The topological polar surface area (TPSA) is 68.2 Å². The molecule has 2 aromatic rings. The molecule has 1 heterocycles. The molecule has 0 aliphatic rings. The summed E-state index contributed by atoms with van der Waals surface area (Å²) in [6.07, 6.45) is 2.70. The number of sulfonamides is 1. The van der Waals surface area contributed by atoms with Crippen molar-refractivity contribution in [2.24, 2.45) is 4.40 Å². The predicted molar refractivity (Wildman–Crippen MR) is 121 cm³/mol. The predicted octanol–water partition coefficient (Wildman–Crippen LogP) is 4.71. The molecular formula is C19H24Cl2N2O4S2. The second-order valence-corrected chi connectivity index (χ2v) is 9.92. The number of nitrogens with zero attached hydrogens (tertiary/aromatic N) is 2. The Hall–Kier alpha value is -1.48. The van der Waals surface area contributed by atoms with Gasteiger partial charge in [0.2, 0.25) is 0 Å². The van der Waals surface area contributed by atoms with E-state index in [4.69, 9.17) is 32.7 Å². The van der Waals surface area contributed by atoms with Crippen LogP contribution in [0.3, 0.4) is 0 Å². The zero-order valence-corrected chi connectivity index (χ0v) is 19.5. The van der Waals surface area contributed by atoms with E-state index >= 15 is 0 Å². The first-order valence-corrected chi connectivity index (χ1v) is 12.3. The normalized spacial score (nSPS) is 11.7. The fourth-order valence-electron chi connectivity index (χ4n) is 2.19. The Bertz CT molecular complexity index is 915. The molecule has 0 fully saturated rings. The molecule has 0 spiro atoms. The van der Waals surface area contributed by atoms with Gasteiger partial charge in [0.25, 0.3) is 10.0 Å². The molecule has 1 aromatic heterocycles. The summed E-state index contributed by atoms with van der Waals surface area (Å²) in [7, 11) is -0.311. The molecule has 0 saturated heterocycles. The SMILES string of the molecule is CN(C)C=NS(=O)(=O)c1ccc(-c2ccc(OCCCCl)c(OCCCCl)c2)s1. The summed E-state index contributed by atoms with van der Waals surface area (Å²) in [6, 6.07) is 8.85. The van der Waals surface area contributed by atoms with E-state index in [1.165, 1.54) is 6.34 Å². The monoisotopic (exact) mass is 478 g/mol. The Kier molecular flexibility index (Phi) is 9.55. The maximum atomic E-state index is 12.3. The van der Waals surface area contributed by atoms with Crippen molar-refractivity contribution in [3.05, 3.63) is 30.3 Å². The van der Waals surface area contributed by atoms with Gasteiger partial charge in [0.05, 0.1) is 13.2 Å². The van der Waals surface area contributed by atoms with Gasteiger partial charge in [0, 0.05) is 30.7 Å². The van der Waals surface area contributed by atoms with Crippen LogP contribution in [0.15, 0.2) is 38.9 Å². The van der Waals surface area contributed by atoms with Crippen molar-refractivity contribution < 1.29 is 17.9 Å². The van der Waals surface area contributed by atoms with Gasteiger partial charge in [-0.05, 0) is 48.7 Å². The van der Waals surface area contributed by atoms with Gasteiger partial charge in [-0.2, -0.15) is 8.42 Å². The lowest BCUT2D eigenvalue weighted by atomic mass is 10.1. The lowest BCUT2D eigenvalue weighted by Crippen LogP contribution is -2.09. The summed E-state index contributed by atoms with van der Waals surface area (Å²) in [5.41, 5.74) is 0.832. The van der Waals surface area contributed by atoms with E-state index in [0.29, 0.717) is 42.9 Å². The fraction of sp³-hybridized carbons (Fsp3) is 0.421. The highest BCUT2D eigenvalue weighted by molar-refractivity contribution is 7.92. The van der Waals surface area contributed by atoms with Crippen LogP contribution in [0.5, 0.6) is 11.5 Å². The molecule has 0 bridgehead atoms. The van der Waals surface area contributed by atoms with Gasteiger partial charge in [0.1, 0.15) is 10.5 Å². The molecular weight excluding hydrogens is 455 g/mol. The van der Waals surface area contributed by atoms with Gasteiger partial charge in [-0.1, -0.05) is 0 Å². The minimum absolute atomic E-state index is 0.178. The Labute approximate surface area is 186 Å². The van der Waals surface area contributed by atoms with E-state index in [9.17, 15) is 8.42 Å². The first-order chi connectivity index (χ1) is 13.9. The number of hydrogen-bond acceptors (Lipinski definition) is 5. The number of ether oxygens (including phenoxy) is 2. The van der Waals surface area contributed by atoms with E-state index < -0.39 is 10.0 Å². The van der Waals surface area contributed by atoms with Crippen LogP contribution in [0.2, 0.25) is 0 Å². The molecule has 6 nitrogen and oxygen atoms in total. The molecule has 0 saturated carbocycles. The van der Waals surface area contributed by atoms with Crippen molar-refractivity contribution in [1.29, 1.82) is 0 Å². The lowest BCUT2D eigenvalue weighted by molar-refractivity contribution is 0.269. The van der Waals surface area contributed by atoms with Crippen LogP contribution in [0, 0.1) is 0 Å². The highest BCUT2D eigenvalue weighted by Gasteiger charge is 2.17. The molecule has 29 heavy (non-hydrogen) atoms. The summed E-state index contributed by atoms with van der Waals surface area (Å²) in [4.78, 5) is 2.36. The highest BCUT2D eigenvalue weighted by atomic mass is 35.5. The maximum absolute atomic E-state index is 12.3. The molecule has 0 aliphatic carbocycles. The third-order valence-corrected chi connectivity index (χ3v) is 6.91. The quantitative estimate of drug-likeness (QED) is 0.191. The van der Waals surface area contributed by atoms with Crippen LogP contribution in [-0.4, -0.2) is 58.7 Å². The van der Waals surface area contributed by atoms with E-state index in [-0.39, 0.29) is 4.21 Å². The van der Waals surface area contributed by atoms with Crippen LogP contribution in [-0.2, 0) is 10.0 Å². The minimum atomic E-state index is -3.73. The zero-order chi connectivity index (χ0) is 21.3. The first-order valence-electron chi connectivity index (χ1n) is 8.96. The Balaban J connectivity index is 2.27. The number of thiophene rings is 1. The first kappa shape index (κ1) is 23.8. The Morgan fingerprint density at radius 2 is 1.69 bits per heavy atom. The van der Waals surface area contributed by atoms with Crippen molar-refractivity contribution in [2.45, 2.75) is 17.1 Å². The van der Waals surface area contributed by atoms with Gasteiger partial charge < -0.3 is 14.4 Å². The van der Waals surface area contributed by atoms with E-state index in [0.717, 1.165) is 28.2 Å². The standard InChI is InChI=1S/C19H24Cl2N2O4S2/c1-23(2)14-22-29(24,25)19-8-7-18(28-19)15-5-6-16(26-11-3-9-20)17(13-15)27-12-4-10-21/h5-8,13-14H,3-4,9-12H2,1-2H3. The third kappa shape index (κ3) is 7.37. The maximum Gasteiger partial charge on any atom is 0.293 e. The number of rotatable bonds is 12. The third-order valence-electron chi connectivity index (χ3n) is 3.55. The molecule has 0 amide bonds. The second kappa shape index (κ2) is 11.6. The van der Waals surface area contributed by atoms with E-state index in [1.807, 2.05) is 18.2 Å². The Morgan fingerprint density at radius 3 is 2.31 bits per heavy atom. The number of benzene rings is 1. The van der Waals surface area contributed by atoms with Crippen LogP contribution in [0.25, 0.3) is 10.4 Å². The van der Waals surface area contributed by atoms with Crippen molar-refractivity contribution in [2.75, 3.05) is 39.1 Å². The Morgan fingerprint density at radius 1 is 1.03 bits per heavy atom. The number of hydrogen-bond donors (Lipinski definition) is 0. The average Bonchev–Trinajstić information content (AvgIpc) is 3.19. The van der Waals surface area contributed by atoms with Crippen molar-refractivity contribution in [3.63, 3.8) is 0 Å². The summed E-state index contributed by atoms with van der Waals surface area (Å²) in [6.45, 7) is 0.947. The molecule has 0 N–H and O–H groups in total. The second-order valence-electron chi connectivity index (χ2n) is 6.22. The molecule has 2 rings (SSSR count). The van der Waals surface area contributed by atoms with Crippen LogP contribution in [0.4, 0.5) is 0 Å². The van der Waals surface area contributed by atoms with Crippen molar-refractivity contribution in [3.8, 4) is 21.9 Å². The van der Waals surface area contributed by atoms with Gasteiger partial charge in [-0.3, -0.25) is 0 Å². The molecule has 0 radical (unpaired) electrons. The summed E-state index contributed by atoms with van der Waals surface area (Å²) in [5.74, 6) is 2.23. The minimum Gasteiger partial charge on any atom is -0.490 e. The fourth-order valence-corrected chi connectivity index (χ4v) is 4.62. The summed E-state index contributed by atoms with van der Waals surface area (Å²) in [5, 5.41) is 0. The van der Waals surface area contributed by atoms with E-state index in [2.05, 4.69) is 4.40 Å². The van der Waals surface area contributed by atoms with Crippen LogP contribution < -0.4 is 9.47 Å². The molecule has 10 heteroatoms. The van der Waals surface area contributed by atoms with Gasteiger partial charge in [-0.25, -0.2) is 0 Å². The zero-order valence-electron chi connectivity index (χ0n) is 16.3. The van der Waals surface area contributed by atoms with Gasteiger partial charge in [0.15, 0.2) is 11.5 Å². The number of alkyl halides is 2. The summed E-state index contributed by atoms with van der Waals surface area (Å²) < 4.78 is 40.1. The van der Waals surface area contributed by atoms with Gasteiger partial charge >= 0.3 is 0 Å². The molecule has 1 aromatic carbocycles. The molecule has 0 atom stereocenters. The molecule has 0 unspecified atom stereocenters. The largest absolute Gasteiger partial charge is 0.490 e. The van der Waals surface area contributed by atoms with Crippen molar-refractivity contribution >= 4 is 50.9 Å². The number of halogens is 2. The average molecular weight is 479 g/mol. The molecule has 0 aliphatic heterocycles. The molecule has 160 valence electrons. The smallest absolute Gasteiger partial charge is 0.293 e. The van der Waals surface area contributed by atoms with Gasteiger partial charge in [-0.15, -0.1) is 38.9 Å². The van der Waals surface area contributed by atoms with Crippen LogP contribution in [0.1, 0.15) is 12.8 Å².